The number of ether oxygens (including phenoxy) is 1. The van der Waals surface area contributed by atoms with Crippen molar-refractivity contribution >= 4 is 0 Å². The third-order valence-electron chi connectivity index (χ3n) is 4.24. The Balaban J connectivity index is 1.70. The maximum absolute atomic E-state index is 5.70. The van der Waals surface area contributed by atoms with Crippen molar-refractivity contribution in [3.8, 4) is 0 Å². The topological polar surface area (TPSA) is 24.5 Å². The van der Waals surface area contributed by atoms with Crippen LogP contribution in [0.25, 0.3) is 0 Å². The smallest absolute Gasteiger partial charge is 0.0702 e. The van der Waals surface area contributed by atoms with Gasteiger partial charge in [0.15, 0.2) is 0 Å². The molecule has 1 saturated heterocycles. The van der Waals surface area contributed by atoms with Crippen molar-refractivity contribution in [3.05, 3.63) is 0 Å². The van der Waals surface area contributed by atoms with E-state index >= 15 is 0 Å². The second-order valence-corrected chi connectivity index (χ2v) is 5.37. The van der Waals surface area contributed by atoms with E-state index in [4.69, 9.17) is 4.74 Å². The summed E-state index contributed by atoms with van der Waals surface area (Å²) < 4.78 is 5.70. The van der Waals surface area contributed by atoms with Gasteiger partial charge in [-0.05, 0) is 52.6 Å². The molecular weight excluding hydrogens is 200 g/mol. The fourth-order valence-electron chi connectivity index (χ4n) is 3.06. The molecule has 0 spiro atoms. The van der Waals surface area contributed by atoms with E-state index in [1.165, 1.54) is 38.5 Å². The summed E-state index contributed by atoms with van der Waals surface area (Å²) in [6, 6.07) is 1.54. The highest BCUT2D eigenvalue weighted by Crippen LogP contribution is 2.23. The molecule has 2 fully saturated rings. The summed E-state index contributed by atoms with van der Waals surface area (Å²) in [6.07, 6.45) is 8.37. The van der Waals surface area contributed by atoms with Crippen molar-refractivity contribution in [3.63, 3.8) is 0 Å². The summed E-state index contributed by atoms with van der Waals surface area (Å²) in [5.41, 5.74) is 0. The summed E-state index contributed by atoms with van der Waals surface area (Å²) in [6.45, 7) is 2.11. The van der Waals surface area contributed by atoms with Gasteiger partial charge in [-0.2, -0.15) is 0 Å². The maximum atomic E-state index is 5.70. The fraction of sp³-hybridized carbons (Fsp3) is 1.00. The lowest BCUT2D eigenvalue weighted by Crippen LogP contribution is -2.42. The second-order valence-electron chi connectivity index (χ2n) is 5.37. The van der Waals surface area contributed by atoms with Gasteiger partial charge in [-0.1, -0.05) is 0 Å². The fourth-order valence-corrected chi connectivity index (χ4v) is 3.06. The average molecular weight is 226 g/mol. The lowest BCUT2D eigenvalue weighted by atomic mass is 9.90. The Kier molecular flexibility index (Phi) is 4.62. The van der Waals surface area contributed by atoms with Crippen molar-refractivity contribution in [1.29, 1.82) is 0 Å². The first-order chi connectivity index (χ1) is 7.79. The zero-order chi connectivity index (χ0) is 11.4. The molecule has 0 amide bonds. The summed E-state index contributed by atoms with van der Waals surface area (Å²) in [5.74, 6) is 0. The number of rotatable bonds is 4. The Hall–Kier alpha value is -0.120. The minimum atomic E-state index is 0.507. The van der Waals surface area contributed by atoms with Gasteiger partial charge in [-0.15, -0.1) is 0 Å². The number of nitrogens with zero attached hydrogens (tertiary/aromatic N) is 1. The van der Waals surface area contributed by atoms with Crippen molar-refractivity contribution in [1.82, 2.24) is 10.2 Å². The predicted octanol–water partition coefficient (Wildman–Crippen LogP) is 1.63. The Labute approximate surface area is 99.5 Å². The molecule has 0 aromatic carbocycles. The standard InChI is InChI=1S/C13H26N2O/c1-14-11-5-7-12(8-6-11)15(2)10-13-4-3-9-16-13/h11-14H,3-10H2,1-2H3. The van der Waals surface area contributed by atoms with E-state index in [-0.39, 0.29) is 0 Å². The Morgan fingerprint density at radius 2 is 1.94 bits per heavy atom. The lowest BCUT2D eigenvalue weighted by Gasteiger charge is -2.35. The largest absolute Gasteiger partial charge is 0.377 e. The number of hydrogen-bond acceptors (Lipinski definition) is 3. The molecule has 2 rings (SSSR count). The summed E-state index contributed by atoms with van der Waals surface area (Å²) in [7, 11) is 4.35. The van der Waals surface area contributed by atoms with E-state index in [0.29, 0.717) is 6.10 Å². The van der Waals surface area contributed by atoms with Gasteiger partial charge in [-0.3, -0.25) is 0 Å². The van der Waals surface area contributed by atoms with E-state index in [0.717, 1.165) is 25.2 Å². The minimum absolute atomic E-state index is 0.507. The zero-order valence-electron chi connectivity index (χ0n) is 10.7. The molecule has 0 aromatic rings. The average Bonchev–Trinajstić information content (AvgIpc) is 2.82. The molecular formula is C13H26N2O. The van der Waals surface area contributed by atoms with Crippen molar-refractivity contribution in [2.24, 2.45) is 0 Å². The van der Waals surface area contributed by atoms with Crippen LogP contribution in [0.1, 0.15) is 38.5 Å². The Morgan fingerprint density at radius 3 is 2.50 bits per heavy atom. The lowest BCUT2D eigenvalue weighted by molar-refractivity contribution is 0.0591. The molecule has 1 aliphatic heterocycles. The first-order valence-corrected chi connectivity index (χ1v) is 6.78. The van der Waals surface area contributed by atoms with Gasteiger partial charge in [0, 0.05) is 25.2 Å². The predicted molar refractivity (Wildman–Crippen MR) is 66.7 cm³/mol. The molecule has 1 saturated carbocycles. The molecule has 1 N–H and O–H groups in total. The number of hydrogen-bond donors (Lipinski definition) is 1. The Morgan fingerprint density at radius 1 is 1.19 bits per heavy atom. The molecule has 0 radical (unpaired) electrons. The van der Waals surface area contributed by atoms with Gasteiger partial charge in [-0.25, -0.2) is 0 Å². The first-order valence-electron chi connectivity index (χ1n) is 6.78. The zero-order valence-corrected chi connectivity index (χ0v) is 10.7. The highest BCUT2D eigenvalue weighted by Gasteiger charge is 2.25. The molecule has 0 bridgehead atoms. The number of likely N-dealkylation sites (N-methyl/N-ethyl adjacent to an activating group) is 1. The van der Waals surface area contributed by atoms with Gasteiger partial charge in [0.2, 0.25) is 0 Å². The van der Waals surface area contributed by atoms with Crippen LogP contribution in [-0.4, -0.2) is 50.3 Å². The summed E-state index contributed by atoms with van der Waals surface area (Å²) >= 11 is 0. The summed E-state index contributed by atoms with van der Waals surface area (Å²) in [4.78, 5) is 2.53. The maximum Gasteiger partial charge on any atom is 0.0702 e. The van der Waals surface area contributed by atoms with Crippen LogP contribution in [0, 0.1) is 0 Å². The van der Waals surface area contributed by atoms with Crippen molar-refractivity contribution < 1.29 is 4.74 Å². The molecule has 3 heteroatoms. The SMILES string of the molecule is CNC1CCC(N(C)CC2CCCO2)CC1. The van der Waals surface area contributed by atoms with Crippen LogP contribution < -0.4 is 5.32 Å². The van der Waals surface area contributed by atoms with E-state index in [1.54, 1.807) is 0 Å². The first kappa shape index (κ1) is 12.3. The molecule has 1 unspecified atom stereocenters. The molecule has 2 aliphatic rings. The van der Waals surface area contributed by atoms with Crippen LogP contribution in [0.5, 0.6) is 0 Å². The highest BCUT2D eigenvalue weighted by atomic mass is 16.5. The quantitative estimate of drug-likeness (QED) is 0.788. The highest BCUT2D eigenvalue weighted by molar-refractivity contribution is 4.82. The van der Waals surface area contributed by atoms with Crippen LogP contribution in [-0.2, 0) is 4.74 Å². The second kappa shape index (κ2) is 5.99. The van der Waals surface area contributed by atoms with E-state index in [9.17, 15) is 0 Å². The minimum Gasteiger partial charge on any atom is -0.377 e. The molecule has 1 aliphatic carbocycles. The van der Waals surface area contributed by atoms with E-state index in [1.807, 2.05) is 0 Å². The molecule has 3 nitrogen and oxygen atoms in total. The third-order valence-corrected chi connectivity index (χ3v) is 4.24. The third kappa shape index (κ3) is 3.19. The van der Waals surface area contributed by atoms with Crippen molar-refractivity contribution in [2.45, 2.75) is 56.7 Å². The van der Waals surface area contributed by atoms with E-state index in [2.05, 4.69) is 24.3 Å². The van der Waals surface area contributed by atoms with Crippen LogP contribution in [0.15, 0.2) is 0 Å². The van der Waals surface area contributed by atoms with Crippen LogP contribution >= 0.6 is 0 Å². The van der Waals surface area contributed by atoms with Gasteiger partial charge in [0.25, 0.3) is 0 Å². The summed E-state index contributed by atoms with van der Waals surface area (Å²) in [5, 5.41) is 3.39. The normalized spacial score (nSPS) is 35.8. The van der Waals surface area contributed by atoms with E-state index < -0.39 is 0 Å². The molecule has 16 heavy (non-hydrogen) atoms. The van der Waals surface area contributed by atoms with Gasteiger partial charge < -0.3 is 15.0 Å². The molecule has 1 atom stereocenters. The van der Waals surface area contributed by atoms with Crippen LogP contribution in [0.2, 0.25) is 0 Å². The molecule has 94 valence electrons. The van der Waals surface area contributed by atoms with Gasteiger partial charge in [0.1, 0.15) is 0 Å². The van der Waals surface area contributed by atoms with Crippen molar-refractivity contribution in [2.75, 3.05) is 27.2 Å². The van der Waals surface area contributed by atoms with Gasteiger partial charge in [0.05, 0.1) is 6.10 Å². The van der Waals surface area contributed by atoms with Crippen LogP contribution in [0.3, 0.4) is 0 Å². The number of nitrogens with one attached hydrogen (secondary N) is 1. The Bertz CT molecular complexity index is 196. The molecule has 1 heterocycles. The van der Waals surface area contributed by atoms with Gasteiger partial charge >= 0.3 is 0 Å². The monoisotopic (exact) mass is 226 g/mol. The molecule has 0 aromatic heterocycles. The van der Waals surface area contributed by atoms with Crippen LogP contribution in [0.4, 0.5) is 0 Å².